The van der Waals surface area contributed by atoms with Crippen molar-refractivity contribution >= 4 is 11.8 Å². The molecule has 0 aromatic heterocycles. The van der Waals surface area contributed by atoms with Gasteiger partial charge < -0.3 is 14.5 Å². The van der Waals surface area contributed by atoms with Gasteiger partial charge in [-0.2, -0.15) is 0 Å². The lowest BCUT2D eigenvalue weighted by Gasteiger charge is -2.39. The molecule has 0 bridgehead atoms. The Bertz CT molecular complexity index is 658. The van der Waals surface area contributed by atoms with Crippen molar-refractivity contribution in [1.82, 2.24) is 9.80 Å². The van der Waals surface area contributed by atoms with Gasteiger partial charge >= 0.3 is 0 Å². The minimum Gasteiger partial charge on any atom is -0.367 e. The maximum atomic E-state index is 13.0. The molecule has 1 spiro atoms. The molecule has 5 heteroatoms. The molecule has 2 aliphatic heterocycles. The van der Waals surface area contributed by atoms with Crippen LogP contribution in [0.4, 0.5) is 0 Å². The molecule has 3 aliphatic rings. The number of benzene rings is 1. The maximum Gasteiger partial charge on any atom is 0.248 e. The number of likely N-dealkylation sites (tertiary alicyclic amines) is 2. The van der Waals surface area contributed by atoms with Crippen LogP contribution in [0.3, 0.4) is 0 Å². The molecule has 2 heterocycles. The van der Waals surface area contributed by atoms with Crippen molar-refractivity contribution in [1.29, 1.82) is 0 Å². The van der Waals surface area contributed by atoms with Crippen LogP contribution in [0.2, 0.25) is 0 Å². The molecular weight excluding hydrogens is 328 g/mol. The molecule has 5 nitrogen and oxygen atoms in total. The molecule has 26 heavy (non-hydrogen) atoms. The van der Waals surface area contributed by atoms with E-state index in [9.17, 15) is 9.59 Å². The summed E-state index contributed by atoms with van der Waals surface area (Å²) in [6.07, 6.45) is 5.31. The van der Waals surface area contributed by atoms with Crippen molar-refractivity contribution in [3.05, 3.63) is 35.9 Å². The number of ether oxygens (including phenoxy) is 1. The Hall–Kier alpha value is -1.88. The van der Waals surface area contributed by atoms with E-state index in [4.69, 9.17) is 4.74 Å². The van der Waals surface area contributed by atoms with E-state index in [1.807, 2.05) is 35.2 Å². The highest BCUT2D eigenvalue weighted by atomic mass is 16.5. The number of hydrogen-bond acceptors (Lipinski definition) is 3. The van der Waals surface area contributed by atoms with Crippen molar-refractivity contribution in [2.45, 2.75) is 38.7 Å². The second-order valence-corrected chi connectivity index (χ2v) is 8.12. The van der Waals surface area contributed by atoms with Crippen LogP contribution in [-0.2, 0) is 20.9 Å². The molecule has 0 N–H and O–H groups in total. The highest BCUT2D eigenvalue weighted by Crippen LogP contribution is 2.41. The lowest BCUT2D eigenvalue weighted by atomic mass is 9.78. The standard InChI is InChI=1S/C21H28N2O3/c24-19(15-26-14-18-5-2-1-3-6-18)23-12-10-21(16-23)9-4-11-22(20(21)25)13-17-7-8-17/h1-3,5-6,17H,4,7-16H2. The average Bonchev–Trinajstić information content (AvgIpc) is 3.37. The Labute approximate surface area is 155 Å². The van der Waals surface area contributed by atoms with E-state index in [1.54, 1.807) is 0 Å². The summed E-state index contributed by atoms with van der Waals surface area (Å²) in [6.45, 7) is 3.60. The smallest absolute Gasteiger partial charge is 0.248 e. The first-order valence-corrected chi connectivity index (χ1v) is 9.85. The first-order valence-electron chi connectivity index (χ1n) is 9.85. The van der Waals surface area contributed by atoms with E-state index in [0.29, 0.717) is 19.7 Å². The summed E-state index contributed by atoms with van der Waals surface area (Å²) in [7, 11) is 0. The number of nitrogens with zero attached hydrogens (tertiary/aromatic N) is 2. The van der Waals surface area contributed by atoms with Gasteiger partial charge in [-0.1, -0.05) is 30.3 Å². The molecule has 2 saturated heterocycles. The zero-order valence-electron chi connectivity index (χ0n) is 15.4. The third kappa shape index (κ3) is 3.78. The molecule has 3 fully saturated rings. The highest BCUT2D eigenvalue weighted by Gasteiger charge is 2.49. The van der Waals surface area contributed by atoms with E-state index in [0.717, 1.165) is 43.8 Å². The summed E-state index contributed by atoms with van der Waals surface area (Å²) < 4.78 is 5.59. The van der Waals surface area contributed by atoms with E-state index in [2.05, 4.69) is 4.90 Å². The van der Waals surface area contributed by atoms with Crippen LogP contribution in [0.25, 0.3) is 0 Å². The Kier molecular flexibility index (Phi) is 4.98. The summed E-state index contributed by atoms with van der Waals surface area (Å²) in [5, 5.41) is 0. The SMILES string of the molecule is O=C(COCc1ccccc1)N1CCC2(CCCN(CC3CC3)C2=O)C1. The molecular formula is C21H28N2O3. The van der Waals surface area contributed by atoms with E-state index < -0.39 is 0 Å². The third-order valence-corrected chi connectivity index (χ3v) is 6.04. The van der Waals surface area contributed by atoms with Crippen LogP contribution in [-0.4, -0.2) is 54.4 Å². The van der Waals surface area contributed by atoms with Crippen LogP contribution in [0.5, 0.6) is 0 Å². The highest BCUT2D eigenvalue weighted by molar-refractivity contribution is 5.86. The minimum atomic E-state index is -0.331. The van der Waals surface area contributed by atoms with Gasteiger partial charge in [0.1, 0.15) is 6.61 Å². The van der Waals surface area contributed by atoms with Crippen LogP contribution >= 0.6 is 0 Å². The van der Waals surface area contributed by atoms with Crippen molar-refractivity contribution in [3.63, 3.8) is 0 Å². The first-order chi connectivity index (χ1) is 12.7. The minimum absolute atomic E-state index is 0.00456. The first kappa shape index (κ1) is 17.5. The van der Waals surface area contributed by atoms with Gasteiger partial charge in [0, 0.05) is 26.2 Å². The second kappa shape index (κ2) is 7.39. The Morgan fingerprint density at radius 2 is 1.96 bits per heavy atom. The summed E-state index contributed by atoms with van der Waals surface area (Å²) in [5.41, 5.74) is 0.735. The van der Waals surface area contributed by atoms with Crippen molar-refractivity contribution in [3.8, 4) is 0 Å². The molecule has 1 saturated carbocycles. The molecule has 1 aromatic carbocycles. The average molecular weight is 356 g/mol. The van der Waals surface area contributed by atoms with E-state index in [-0.39, 0.29) is 23.8 Å². The van der Waals surface area contributed by atoms with E-state index in [1.165, 1.54) is 12.8 Å². The van der Waals surface area contributed by atoms with Crippen LogP contribution < -0.4 is 0 Å². The van der Waals surface area contributed by atoms with Crippen molar-refractivity contribution in [2.75, 3.05) is 32.8 Å². The number of amides is 2. The fourth-order valence-electron chi connectivity index (χ4n) is 4.32. The van der Waals surface area contributed by atoms with Crippen LogP contribution in [0, 0.1) is 11.3 Å². The van der Waals surface area contributed by atoms with Gasteiger partial charge in [0.25, 0.3) is 0 Å². The van der Waals surface area contributed by atoms with Gasteiger partial charge in [-0.05, 0) is 43.6 Å². The van der Waals surface area contributed by atoms with Gasteiger partial charge in [-0.15, -0.1) is 0 Å². The maximum absolute atomic E-state index is 13.0. The molecule has 1 aromatic rings. The Balaban J connectivity index is 1.29. The lowest BCUT2D eigenvalue weighted by Crippen LogP contribution is -2.51. The Morgan fingerprint density at radius 3 is 2.73 bits per heavy atom. The fraction of sp³-hybridized carbons (Fsp3) is 0.619. The molecule has 1 atom stereocenters. The number of carbonyl (C=O) groups excluding carboxylic acids is 2. The van der Waals surface area contributed by atoms with Crippen LogP contribution in [0.15, 0.2) is 30.3 Å². The van der Waals surface area contributed by atoms with Gasteiger partial charge in [-0.3, -0.25) is 9.59 Å². The number of hydrogen-bond donors (Lipinski definition) is 0. The molecule has 4 rings (SSSR count). The quantitative estimate of drug-likeness (QED) is 0.787. The second-order valence-electron chi connectivity index (χ2n) is 8.12. The van der Waals surface area contributed by atoms with Gasteiger partial charge in [-0.25, -0.2) is 0 Å². The van der Waals surface area contributed by atoms with Gasteiger partial charge in [0.15, 0.2) is 0 Å². The van der Waals surface area contributed by atoms with E-state index >= 15 is 0 Å². The fourth-order valence-corrected chi connectivity index (χ4v) is 4.32. The molecule has 1 unspecified atom stereocenters. The predicted molar refractivity (Wildman–Crippen MR) is 98.3 cm³/mol. The summed E-state index contributed by atoms with van der Waals surface area (Å²) in [4.78, 5) is 29.5. The zero-order valence-corrected chi connectivity index (χ0v) is 15.4. The normalized spacial score (nSPS) is 25.9. The van der Waals surface area contributed by atoms with Crippen LogP contribution in [0.1, 0.15) is 37.7 Å². The van der Waals surface area contributed by atoms with Gasteiger partial charge in [0.2, 0.25) is 11.8 Å². The lowest BCUT2D eigenvalue weighted by molar-refractivity contribution is -0.146. The van der Waals surface area contributed by atoms with Crippen molar-refractivity contribution < 1.29 is 14.3 Å². The number of piperidine rings is 1. The predicted octanol–water partition coefficient (Wildman–Crippen LogP) is 2.45. The molecule has 140 valence electrons. The van der Waals surface area contributed by atoms with Crippen molar-refractivity contribution in [2.24, 2.45) is 11.3 Å². The summed E-state index contributed by atoms with van der Waals surface area (Å²) in [6, 6.07) is 9.88. The number of carbonyl (C=O) groups is 2. The molecule has 1 aliphatic carbocycles. The molecule has 2 amide bonds. The largest absolute Gasteiger partial charge is 0.367 e. The Morgan fingerprint density at radius 1 is 1.15 bits per heavy atom. The van der Waals surface area contributed by atoms with Gasteiger partial charge in [0.05, 0.1) is 12.0 Å². The monoisotopic (exact) mass is 356 g/mol. The summed E-state index contributed by atoms with van der Waals surface area (Å²) in [5.74, 6) is 1.01. The molecule has 0 radical (unpaired) electrons. The number of rotatable bonds is 6. The third-order valence-electron chi connectivity index (χ3n) is 6.04. The summed E-state index contributed by atoms with van der Waals surface area (Å²) >= 11 is 0. The topological polar surface area (TPSA) is 49.9 Å². The zero-order chi connectivity index (χ0) is 18.0.